The Kier molecular flexibility index (Phi) is 3.00. The van der Waals surface area contributed by atoms with Crippen molar-refractivity contribution in [2.75, 3.05) is 5.73 Å². The molecule has 0 saturated carbocycles. The molecule has 0 bridgehead atoms. The molecule has 0 unspecified atom stereocenters. The number of halogens is 1. The van der Waals surface area contributed by atoms with Gasteiger partial charge in [0, 0.05) is 12.4 Å². The first-order chi connectivity index (χ1) is 11.2. The van der Waals surface area contributed by atoms with Crippen LogP contribution in [0.5, 0.6) is 0 Å². The number of nitrogens with two attached hydrogens (primary N) is 1. The number of hydrogen-bond donors (Lipinski definition) is 1. The Balaban J connectivity index is 1.96. The van der Waals surface area contributed by atoms with E-state index in [9.17, 15) is 4.39 Å². The molecule has 0 aliphatic rings. The third-order valence-electron chi connectivity index (χ3n) is 3.52. The van der Waals surface area contributed by atoms with Gasteiger partial charge in [0.05, 0.1) is 12.1 Å². The lowest BCUT2D eigenvalue weighted by Gasteiger charge is -2.07. The second-order valence-electron chi connectivity index (χ2n) is 4.99. The van der Waals surface area contributed by atoms with Crippen molar-refractivity contribution >= 4 is 16.9 Å². The van der Waals surface area contributed by atoms with Gasteiger partial charge in [-0.3, -0.25) is 4.98 Å². The van der Waals surface area contributed by atoms with E-state index < -0.39 is 5.82 Å². The van der Waals surface area contributed by atoms with E-state index in [1.165, 1.54) is 6.07 Å². The molecule has 0 spiro atoms. The maximum Gasteiger partial charge on any atom is 0.199 e. The van der Waals surface area contributed by atoms with Crippen LogP contribution in [0.25, 0.3) is 22.6 Å². The van der Waals surface area contributed by atoms with Crippen LogP contribution >= 0.6 is 0 Å². The van der Waals surface area contributed by atoms with Crippen LogP contribution in [0, 0.1) is 5.82 Å². The van der Waals surface area contributed by atoms with Crippen molar-refractivity contribution in [1.29, 1.82) is 0 Å². The van der Waals surface area contributed by atoms with E-state index in [0.29, 0.717) is 17.9 Å². The number of nitrogen functional groups attached to an aromatic ring is 1. The molecule has 0 aliphatic carbocycles. The van der Waals surface area contributed by atoms with E-state index in [1.807, 2.05) is 16.7 Å². The van der Waals surface area contributed by atoms with E-state index in [4.69, 9.17) is 5.73 Å². The molecule has 4 aromatic rings. The molecule has 2 N–H and O–H groups in total. The molecule has 0 aliphatic heterocycles. The van der Waals surface area contributed by atoms with Gasteiger partial charge in [0.1, 0.15) is 5.52 Å². The molecule has 23 heavy (non-hydrogen) atoms. The summed E-state index contributed by atoms with van der Waals surface area (Å²) in [6, 6.07) is 8.53. The van der Waals surface area contributed by atoms with Gasteiger partial charge < -0.3 is 10.3 Å². The van der Waals surface area contributed by atoms with Crippen LogP contribution in [0.15, 0.2) is 47.4 Å². The second-order valence-corrected chi connectivity index (χ2v) is 4.99. The normalized spacial score (nSPS) is 11.2. The Morgan fingerprint density at radius 1 is 1.17 bits per heavy atom. The van der Waals surface area contributed by atoms with Crippen molar-refractivity contribution in [3.63, 3.8) is 0 Å². The first kappa shape index (κ1) is 13.4. The van der Waals surface area contributed by atoms with Gasteiger partial charge in [-0.1, -0.05) is 12.1 Å². The summed E-state index contributed by atoms with van der Waals surface area (Å²) < 4.78 is 20.5. The smallest absolute Gasteiger partial charge is 0.199 e. The molecular weight excluding hydrogens is 299 g/mol. The van der Waals surface area contributed by atoms with Crippen molar-refractivity contribution < 1.29 is 9.02 Å². The second kappa shape index (κ2) is 5.16. The minimum atomic E-state index is -0.413. The fourth-order valence-electron chi connectivity index (χ4n) is 2.48. The van der Waals surface area contributed by atoms with Crippen molar-refractivity contribution in [3.8, 4) is 11.5 Å². The van der Waals surface area contributed by atoms with Crippen LogP contribution < -0.4 is 5.73 Å². The number of para-hydroxylation sites is 1. The molecule has 3 heterocycles. The van der Waals surface area contributed by atoms with Gasteiger partial charge in [-0.15, -0.1) is 0 Å². The third-order valence-corrected chi connectivity index (χ3v) is 3.52. The number of anilines is 1. The van der Waals surface area contributed by atoms with Gasteiger partial charge in [-0.25, -0.2) is 14.0 Å². The van der Waals surface area contributed by atoms with E-state index in [-0.39, 0.29) is 17.0 Å². The van der Waals surface area contributed by atoms with Crippen molar-refractivity contribution in [3.05, 3.63) is 54.1 Å². The summed E-state index contributed by atoms with van der Waals surface area (Å²) in [4.78, 5) is 8.43. The number of aromatic nitrogens is 5. The quantitative estimate of drug-likeness (QED) is 0.623. The molecule has 3 aromatic heterocycles. The van der Waals surface area contributed by atoms with Crippen molar-refractivity contribution in [2.45, 2.75) is 6.54 Å². The standard InChI is InChI=1S/C15H11FN6O/c16-10-4-1-5-11-12(10)19-15(13-14(17)21-23-20-13)22(11)8-9-3-2-6-18-7-9/h1-7H,8H2,(H2,17,21). The number of fused-ring (bicyclic) bond motifs is 1. The predicted octanol–water partition coefficient (Wildman–Crippen LogP) is 2.25. The highest BCUT2D eigenvalue weighted by molar-refractivity contribution is 5.82. The number of nitrogens with zero attached hydrogens (tertiary/aromatic N) is 5. The van der Waals surface area contributed by atoms with Gasteiger partial charge in [-0.05, 0) is 34.1 Å². The van der Waals surface area contributed by atoms with Crippen LogP contribution in [0.1, 0.15) is 5.56 Å². The minimum Gasteiger partial charge on any atom is -0.379 e. The lowest BCUT2D eigenvalue weighted by Crippen LogP contribution is -2.04. The van der Waals surface area contributed by atoms with Gasteiger partial charge in [0.25, 0.3) is 0 Å². The number of imidazole rings is 1. The molecule has 0 fully saturated rings. The van der Waals surface area contributed by atoms with Gasteiger partial charge >= 0.3 is 0 Å². The monoisotopic (exact) mass is 310 g/mol. The average Bonchev–Trinajstić information content (AvgIpc) is 3.13. The summed E-state index contributed by atoms with van der Waals surface area (Å²) in [6.07, 6.45) is 3.43. The topological polar surface area (TPSA) is 95.6 Å². The first-order valence-electron chi connectivity index (χ1n) is 6.86. The Morgan fingerprint density at radius 3 is 2.83 bits per heavy atom. The number of hydrogen-bond acceptors (Lipinski definition) is 6. The highest BCUT2D eigenvalue weighted by Gasteiger charge is 2.20. The van der Waals surface area contributed by atoms with E-state index >= 15 is 0 Å². The molecule has 0 saturated heterocycles. The van der Waals surface area contributed by atoms with Crippen LogP contribution in [0.3, 0.4) is 0 Å². The maximum atomic E-state index is 14.1. The minimum absolute atomic E-state index is 0.105. The SMILES string of the molecule is Nc1nonc1-c1nc2c(F)cccc2n1Cc1cccnc1. The fourth-order valence-corrected chi connectivity index (χ4v) is 2.48. The molecule has 0 atom stereocenters. The van der Waals surface area contributed by atoms with Gasteiger partial charge in [0.15, 0.2) is 23.2 Å². The van der Waals surface area contributed by atoms with Crippen molar-refractivity contribution in [1.82, 2.24) is 24.8 Å². The van der Waals surface area contributed by atoms with Gasteiger partial charge in [0.2, 0.25) is 0 Å². The third kappa shape index (κ3) is 2.20. The lowest BCUT2D eigenvalue weighted by molar-refractivity contribution is 0.310. The van der Waals surface area contributed by atoms with Gasteiger partial charge in [-0.2, -0.15) is 0 Å². The maximum absolute atomic E-state index is 14.1. The molecule has 4 rings (SSSR count). The Labute approximate surface area is 129 Å². The zero-order chi connectivity index (χ0) is 15.8. The summed E-state index contributed by atoms with van der Waals surface area (Å²) in [7, 11) is 0. The van der Waals surface area contributed by atoms with Crippen molar-refractivity contribution in [2.24, 2.45) is 0 Å². The van der Waals surface area contributed by atoms with Crippen LogP contribution in [0.4, 0.5) is 10.2 Å². The van der Waals surface area contributed by atoms with E-state index in [1.54, 1.807) is 24.5 Å². The predicted molar refractivity (Wildman–Crippen MR) is 80.7 cm³/mol. The largest absolute Gasteiger partial charge is 0.379 e. The van der Waals surface area contributed by atoms with Crippen LogP contribution in [0.2, 0.25) is 0 Å². The average molecular weight is 310 g/mol. The Morgan fingerprint density at radius 2 is 2.09 bits per heavy atom. The van der Waals surface area contributed by atoms with E-state index in [2.05, 4.69) is 24.9 Å². The Bertz CT molecular complexity index is 978. The number of rotatable bonds is 3. The zero-order valence-electron chi connectivity index (χ0n) is 11.8. The van der Waals surface area contributed by atoms with E-state index in [0.717, 1.165) is 5.56 Å². The summed E-state index contributed by atoms with van der Waals surface area (Å²) in [6.45, 7) is 0.440. The molecule has 1 aromatic carbocycles. The first-order valence-corrected chi connectivity index (χ1v) is 6.86. The molecule has 0 amide bonds. The summed E-state index contributed by atoms with van der Waals surface area (Å²) in [5.74, 6) is 0.0876. The molecule has 114 valence electrons. The summed E-state index contributed by atoms with van der Waals surface area (Å²) in [5.41, 5.74) is 7.86. The molecule has 7 nitrogen and oxygen atoms in total. The molecule has 8 heteroatoms. The molecular formula is C15H11FN6O. The van der Waals surface area contributed by atoms with Crippen LogP contribution in [-0.4, -0.2) is 24.8 Å². The number of pyridine rings is 1. The Hall–Kier alpha value is -3.29. The summed E-state index contributed by atoms with van der Waals surface area (Å²) >= 11 is 0. The number of benzene rings is 1. The zero-order valence-corrected chi connectivity index (χ0v) is 11.8. The summed E-state index contributed by atoms with van der Waals surface area (Å²) in [5, 5.41) is 7.35. The highest BCUT2D eigenvalue weighted by atomic mass is 19.1. The lowest BCUT2D eigenvalue weighted by atomic mass is 10.2. The highest BCUT2D eigenvalue weighted by Crippen LogP contribution is 2.28. The molecule has 0 radical (unpaired) electrons. The fraction of sp³-hybridized carbons (Fsp3) is 0.0667. The van der Waals surface area contributed by atoms with Crippen LogP contribution in [-0.2, 0) is 6.54 Å².